The second-order valence-electron chi connectivity index (χ2n) is 5.30. The van der Waals surface area contributed by atoms with Crippen molar-refractivity contribution in [2.75, 3.05) is 30.0 Å². The van der Waals surface area contributed by atoms with Gasteiger partial charge in [0, 0.05) is 42.3 Å². The minimum atomic E-state index is -0.0905. The molecule has 1 amide bonds. The fourth-order valence-corrected chi connectivity index (χ4v) is 2.38. The summed E-state index contributed by atoms with van der Waals surface area (Å²) < 4.78 is 0. The van der Waals surface area contributed by atoms with Gasteiger partial charge in [0.1, 0.15) is 0 Å². The summed E-state index contributed by atoms with van der Waals surface area (Å²) in [4.78, 5) is 14.1. The molecule has 0 saturated heterocycles. The SMILES string of the molecule is CN(C)c1ccc(/C=C2\C(=O)Nc3ccc(N)cc32)cc1. The molecule has 0 atom stereocenters. The van der Waals surface area contributed by atoms with Crippen LogP contribution in [0.5, 0.6) is 0 Å². The molecule has 2 aromatic carbocycles. The summed E-state index contributed by atoms with van der Waals surface area (Å²) >= 11 is 0. The summed E-state index contributed by atoms with van der Waals surface area (Å²) in [5, 5.41) is 2.85. The van der Waals surface area contributed by atoms with Gasteiger partial charge in [-0.05, 0) is 42.0 Å². The number of nitrogens with one attached hydrogen (secondary N) is 1. The predicted octanol–water partition coefficient (Wildman–Crippen LogP) is 2.83. The molecule has 3 N–H and O–H groups in total. The molecule has 1 heterocycles. The predicted molar refractivity (Wildman–Crippen MR) is 88.1 cm³/mol. The van der Waals surface area contributed by atoms with E-state index in [9.17, 15) is 4.79 Å². The molecular formula is C17H17N3O. The molecular weight excluding hydrogens is 262 g/mol. The Labute approximate surface area is 123 Å². The van der Waals surface area contributed by atoms with Crippen LogP contribution in [0.1, 0.15) is 11.1 Å². The van der Waals surface area contributed by atoms with E-state index in [2.05, 4.69) is 5.32 Å². The van der Waals surface area contributed by atoms with E-state index in [-0.39, 0.29) is 5.91 Å². The Hall–Kier alpha value is -2.75. The molecule has 106 valence electrons. The third kappa shape index (κ3) is 2.48. The smallest absolute Gasteiger partial charge is 0.256 e. The number of nitrogen functional groups attached to an aromatic ring is 1. The summed E-state index contributed by atoms with van der Waals surface area (Å²) in [5.74, 6) is -0.0905. The third-order valence-electron chi connectivity index (χ3n) is 3.55. The van der Waals surface area contributed by atoms with Gasteiger partial charge in [-0.1, -0.05) is 12.1 Å². The lowest BCUT2D eigenvalue weighted by atomic mass is 10.0. The standard InChI is InChI=1S/C17H17N3O/c1-20(2)13-6-3-11(4-7-13)9-15-14-10-12(18)5-8-16(14)19-17(15)21/h3-10H,18H2,1-2H3,(H,19,21)/b15-9-. The minimum Gasteiger partial charge on any atom is -0.399 e. The highest BCUT2D eigenvalue weighted by Gasteiger charge is 2.23. The Balaban J connectivity index is 2.00. The number of carbonyl (C=O) groups excluding carboxylic acids is 1. The third-order valence-corrected chi connectivity index (χ3v) is 3.55. The number of hydrogen-bond acceptors (Lipinski definition) is 3. The van der Waals surface area contributed by atoms with E-state index in [0.29, 0.717) is 11.3 Å². The maximum atomic E-state index is 12.1. The van der Waals surface area contributed by atoms with Gasteiger partial charge in [0.15, 0.2) is 0 Å². The van der Waals surface area contributed by atoms with E-state index in [0.717, 1.165) is 22.5 Å². The van der Waals surface area contributed by atoms with Crippen LogP contribution >= 0.6 is 0 Å². The Morgan fingerprint density at radius 3 is 2.48 bits per heavy atom. The van der Waals surface area contributed by atoms with Crippen molar-refractivity contribution in [3.05, 3.63) is 53.6 Å². The van der Waals surface area contributed by atoms with Crippen LogP contribution in [0.25, 0.3) is 11.6 Å². The van der Waals surface area contributed by atoms with E-state index < -0.39 is 0 Å². The molecule has 1 aliphatic heterocycles. The van der Waals surface area contributed by atoms with E-state index in [1.54, 1.807) is 6.07 Å². The summed E-state index contributed by atoms with van der Waals surface area (Å²) in [6.45, 7) is 0. The van der Waals surface area contributed by atoms with Gasteiger partial charge in [-0.15, -0.1) is 0 Å². The maximum absolute atomic E-state index is 12.1. The number of amides is 1. The molecule has 0 spiro atoms. The van der Waals surface area contributed by atoms with Gasteiger partial charge >= 0.3 is 0 Å². The van der Waals surface area contributed by atoms with Gasteiger partial charge in [-0.25, -0.2) is 0 Å². The minimum absolute atomic E-state index is 0.0905. The van der Waals surface area contributed by atoms with Crippen molar-refractivity contribution in [1.82, 2.24) is 0 Å². The number of nitrogens with two attached hydrogens (primary N) is 1. The zero-order valence-electron chi connectivity index (χ0n) is 12.1. The summed E-state index contributed by atoms with van der Waals surface area (Å²) in [5.41, 5.74) is 10.9. The van der Waals surface area contributed by atoms with Crippen molar-refractivity contribution >= 4 is 34.6 Å². The highest BCUT2D eigenvalue weighted by Crippen LogP contribution is 2.34. The zero-order valence-corrected chi connectivity index (χ0v) is 12.1. The molecule has 21 heavy (non-hydrogen) atoms. The molecule has 0 saturated carbocycles. The molecule has 0 aliphatic carbocycles. The lowest BCUT2D eigenvalue weighted by molar-refractivity contribution is -0.110. The summed E-state index contributed by atoms with van der Waals surface area (Å²) in [6.07, 6.45) is 1.89. The molecule has 0 aromatic heterocycles. The van der Waals surface area contributed by atoms with Crippen molar-refractivity contribution in [3.63, 3.8) is 0 Å². The van der Waals surface area contributed by atoms with Crippen molar-refractivity contribution < 1.29 is 4.79 Å². The number of anilines is 3. The number of fused-ring (bicyclic) bond motifs is 1. The van der Waals surface area contributed by atoms with E-state index in [1.165, 1.54) is 0 Å². The van der Waals surface area contributed by atoms with Crippen LogP contribution in [0.15, 0.2) is 42.5 Å². The first-order valence-electron chi connectivity index (χ1n) is 6.75. The lowest BCUT2D eigenvalue weighted by Gasteiger charge is -2.11. The van der Waals surface area contributed by atoms with Crippen LogP contribution in [-0.4, -0.2) is 20.0 Å². The zero-order chi connectivity index (χ0) is 15.0. The van der Waals surface area contributed by atoms with Gasteiger partial charge < -0.3 is 16.0 Å². The topological polar surface area (TPSA) is 58.4 Å². The van der Waals surface area contributed by atoms with E-state index in [1.807, 2.05) is 61.5 Å². The number of carbonyl (C=O) groups is 1. The molecule has 1 aliphatic rings. The van der Waals surface area contributed by atoms with Crippen molar-refractivity contribution in [3.8, 4) is 0 Å². The van der Waals surface area contributed by atoms with Gasteiger partial charge in [-0.2, -0.15) is 0 Å². The number of rotatable bonds is 2. The maximum Gasteiger partial charge on any atom is 0.256 e. The molecule has 0 unspecified atom stereocenters. The second-order valence-corrected chi connectivity index (χ2v) is 5.30. The van der Waals surface area contributed by atoms with Gasteiger partial charge in [0.25, 0.3) is 5.91 Å². The Kier molecular flexibility index (Phi) is 3.14. The van der Waals surface area contributed by atoms with E-state index >= 15 is 0 Å². The quantitative estimate of drug-likeness (QED) is 0.656. The van der Waals surface area contributed by atoms with Crippen LogP contribution in [-0.2, 0) is 4.79 Å². The highest BCUT2D eigenvalue weighted by atomic mass is 16.2. The first kappa shape index (κ1) is 13.2. The average Bonchev–Trinajstić information content (AvgIpc) is 2.76. The molecule has 4 nitrogen and oxygen atoms in total. The number of nitrogens with zero attached hydrogens (tertiary/aromatic N) is 1. The summed E-state index contributed by atoms with van der Waals surface area (Å²) in [6, 6.07) is 13.5. The fourth-order valence-electron chi connectivity index (χ4n) is 2.38. The molecule has 2 aromatic rings. The monoisotopic (exact) mass is 279 g/mol. The molecule has 0 radical (unpaired) electrons. The van der Waals surface area contributed by atoms with Crippen LogP contribution in [0.3, 0.4) is 0 Å². The van der Waals surface area contributed by atoms with Crippen LogP contribution in [0, 0.1) is 0 Å². The average molecular weight is 279 g/mol. The van der Waals surface area contributed by atoms with Gasteiger partial charge in [0.05, 0.1) is 0 Å². The lowest BCUT2D eigenvalue weighted by Crippen LogP contribution is -2.08. The van der Waals surface area contributed by atoms with Crippen LogP contribution < -0.4 is 16.0 Å². The van der Waals surface area contributed by atoms with Gasteiger partial charge in [-0.3, -0.25) is 4.79 Å². The van der Waals surface area contributed by atoms with Crippen molar-refractivity contribution in [2.24, 2.45) is 0 Å². The normalized spacial score (nSPS) is 15.0. The first-order chi connectivity index (χ1) is 10.0. The van der Waals surface area contributed by atoms with Crippen LogP contribution in [0.4, 0.5) is 17.1 Å². The highest BCUT2D eigenvalue weighted by molar-refractivity contribution is 6.35. The molecule has 4 heteroatoms. The second kappa shape index (κ2) is 4.98. The van der Waals surface area contributed by atoms with Gasteiger partial charge in [0.2, 0.25) is 0 Å². The van der Waals surface area contributed by atoms with E-state index in [4.69, 9.17) is 5.73 Å². The fraction of sp³-hybridized carbons (Fsp3) is 0.118. The van der Waals surface area contributed by atoms with Crippen molar-refractivity contribution in [1.29, 1.82) is 0 Å². The first-order valence-corrected chi connectivity index (χ1v) is 6.75. The van der Waals surface area contributed by atoms with Crippen LogP contribution in [0.2, 0.25) is 0 Å². The summed E-state index contributed by atoms with van der Waals surface area (Å²) in [7, 11) is 3.99. The Morgan fingerprint density at radius 2 is 1.81 bits per heavy atom. The number of hydrogen-bond donors (Lipinski definition) is 2. The molecule has 0 bridgehead atoms. The Morgan fingerprint density at radius 1 is 1.10 bits per heavy atom. The Bertz CT molecular complexity index is 730. The number of benzene rings is 2. The largest absolute Gasteiger partial charge is 0.399 e. The molecule has 0 fully saturated rings. The van der Waals surface area contributed by atoms with Crippen molar-refractivity contribution in [2.45, 2.75) is 0 Å². The molecule has 3 rings (SSSR count).